The van der Waals surface area contributed by atoms with Gasteiger partial charge in [0, 0.05) is 11.3 Å². The number of aryl methyl sites for hydroxylation is 1. The molecule has 2 aromatic rings. The van der Waals surface area contributed by atoms with Crippen LogP contribution in [-0.2, 0) is 4.79 Å². The number of ether oxygens (including phenoxy) is 1. The van der Waals surface area contributed by atoms with Crippen LogP contribution in [0.25, 0.3) is 0 Å². The number of hydrogen-bond donors (Lipinski definition) is 2. The van der Waals surface area contributed by atoms with Crippen molar-refractivity contribution in [3.05, 3.63) is 59.7 Å². The number of amides is 1. The normalized spacial score (nSPS) is 10.1. The average molecular weight is 298 g/mol. The molecule has 0 heterocycles. The lowest BCUT2D eigenvalue weighted by atomic mass is 10.1. The van der Waals surface area contributed by atoms with E-state index in [1.807, 2.05) is 31.2 Å². The van der Waals surface area contributed by atoms with Crippen LogP contribution >= 0.6 is 0 Å². The van der Waals surface area contributed by atoms with Crippen LogP contribution in [0.3, 0.4) is 0 Å². The Bertz CT molecular complexity index is 683. The van der Waals surface area contributed by atoms with E-state index in [1.54, 1.807) is 24.3 Å². The minimum atomic E-state index is -0.291. The molecule has 2 aromatic carbocycles. The number of nitrogens with one attached hydrogen (secondary N) is 1. The highest BCUT2D eigenvalue weighted by Crippen LogP contribution is 2.16. The molecule has 0 aliphatic carbocycles. The molecule has 0 bridgehead atoms. The number of para-hydroxylation sites is 1. The topological polar surface area (TPSA) is 81.4 Å². The van der Waals surface area contributed by atoms with Gasteiger partial charge in [0.25, 0.3) is 5.91 Å². The van der Waals surface area contributed by atoms with Crippen LogP contribution in [0, 0.1) is 6.92 Å². The van der Waals surface area contributed by atoms with Crippen molar-refractivity contribution in [2.75, 3.05) is 18.5 Å². The second-order valence-electron chi connectivity index (χ2n) is 4.81. The number of hydrogen-bond acceptors (Lipinski definition) is 4. The Hall–Kier alpha value is -2.66. The number of benzene rings is 2. The van der Waals surface area contributed by atoms with Gasteiger partial charge in [-0.25, -0.2) is 0 Å². The predicted octanol–water partition coefficient (Wildman–Crippen LogP) is 2.15. The van der Waals surface area contributed by atoms with Crippen LogP contribution in [0.15, 0.2) is 48.5 Å². The van der Waals surface area contributed by atoms with Gasteiger partial charge < -0.3 is 15.8 Å². The smallest absolute Gasteiger partial charge is 0.262 e. The first-order valence-corrected chi connectivity index (χ1v) is 6.92. The van der Waals surface area contributed by atoms with Gasteiger partial charge in [-0.1, -0.05) is 30.3 Å². The van der Waals surface area contributed by atoms with Crippen molar-refractivity contribution in [1.82, 2.24) is 0 Å². The summed E-state index contributed by atoms with van der Waals surface area (Å²) in [6.45, 7) is 1.75. The number of Topliss-reactive ketones (excluding diaryl/α,β-unsaturated/α-hetero) is 1. The van der Waals surface area contributed by atoms with Gasteiger partial charge in [-0.2, -0.15) is 0 Å². The van der Waals surface area contributed by atoms with Crippen molar-refractivity contribution in [2.45, 2.75) is 6.92 Å². The fraction of sp³-hybridized carbons (Fsp3) is 0.176. The zero-order valence-corrected chi connectivity index (χ0v) is 12.3. The fourth-order valence-electron chi connectivity index (χ4n) is 1.95. The molecule has 0 saturated heterocycles. The number of ketones is 1. The first kappa shape index (κ1) is 15.7. The molecule has 3 N–H and O–H groups in total. The van der Waals surface area contributed by atoms with Crippen LogP contribution in [-0.4, -0.2) is 24.8 Å². The van der Waals surface area contributed by atoms with E-state index < -0.39 is 0 Å². The van der Waals surface area contributed by atoms with Gasteiger partial charge in [-0.15, -0.1) is 0 Å². The van der Waals surface area contributed by atoms with Crippen LogP contribution in [0.4, 0.5) is 5.69 Å². The molecule has 114 valence electrons. The Balaban J connectivity index is 1.95. The summed E-state index contributed by atoms with van der Waals surface area (Å²) in [4.78, 5) is 23.4. The van der Waals surface area contributed by atoms with Crippen LogP contribution < -0.4 is 15.8 Å². The zero-order valence-electron chi connectivity index (χ0n) is 12.3. The Morgan fingerprint density at radius 2 is 1.91 bits per heavy atom. The van der Waals surface area contributed by atoms with E-state index >= 15 is 0 Å². The summed E-state index contributed by atoms with van der Waals surface area (Å²) in [6.07, 6.45) is 0. The third kappa shape index (κ3) is 4.17. The number of carbonyl (C=O) groups is 2. The van der Waals surface area contributed by atoms with Gasteiger partial charge >= 0.3 is 0 Å². The van der Waals surface area contributed by atoms with Crippen molar-refractivity contribution in [3.63, 3.8) is 0 Å². The molecule has 0 fully saturated rings. The maximum atomic E-state index is 11.9. The van der Waals surface area contributed by atoms with Crippen molar-refractivity contribution in [1.29, 1.82) is 0 Å². The third-order valence-corrected chi connectivity index (χ3v) is 3.11. The van der Waals surface area contributed by atoms with Crippen LogP contribution in [0.2, 0.25) is 0 Å². The summed E-state index contributed by atoms with van der Waals surface area (Å²) >= 11 is 0. The summed E-state index contributed by atoms with van der Waals surface area (Å²) < 4.78 is 5.47. The molecule has 2 rings (SSSR count). The molecule has 1 amide bonds. The number of nitrogens with two attached hydrogens (primary N) is 1. The molecule has 0 atom stereocenters. The minimum Gasteiger partial charge on any atom is -0.483 e. The Morgan fingerprint density at radius 3 is 2.64 bits per heavy atom. The summed E-state index contributed by atoms with van der Waals surface area (Å²) in [5.74, 6) is 0.206. The molecule has 0 unspecified atom stereocenters. The molecule has 22 heavy (non-hydrogen) atoms. The second-order valence-corrected chi connectivity index (χ2v) is 4.81. The zero-order chi connectivity index (χ0) is 15.9. The second kappa shape index (κ2) is 7.38. The van der Waals surface area contributed by atoms with Gasteiger partial charge in [0.15, 0.2) is 12.4 Å². The quantitative estimate of drug-likeness (QED) is 0.801. The number of anilines is 1. The predicted molar refractivity (Wildman–Crippen MR) is 85.1 cm³/mol. The maximum Gasteiger partial charge on any atom is 0.262 e. The molecule has 0 aliphatic heterocycles. The van der Waals surface area contributed by atoms with E-state index in [9.17, 15) is 9.59 Å². The van der Waals surface area contributed by atoms with Crippen molar-refractivity contribution in [3.8, 4) is 5.75 Å². The monoisotopic (exact) mass is 298 g/mol. The molecule has 0 saturated carbocycles. The summed E-state index contributed by atoms with van der Waals surface area (Å²) in [7, 11) is 0. The van der Waals surface area contributed by atoms with Crippen molar-refractivity contribution < 1.29 is 14.3 Å². The third-order valence-electron chi connectivity index (χ3n) is 3.11. The Kier molecular flexibility index (Phi) is 5.27. The van der Waals surface area contributed by atoms with E-state index in [1.165, 1.54) is 0 Å². The van der Waals surface area contributed by atoms with Gasteiger partial charge in [-0.3, -0.25) is 9.59 Å². The fourth-order valence-corrected chi connectivity index (χ4v) is 1.95. The van der Waals surface area contributed by atoms with Gasteiger partial charge in [0.05, 0.1) is 6.54 Å². The van der Waals surface area contributed by atoms with E-state index in [4.69, 9.17) is 10.5 Å². The number of carbonyl (C=O) groups excluding carboxylic acids is 2. The van der Waals surface area contributed by atoms with E-state index in [-0.39, 0.29) is 24.8 Å². The Labute approximate surface area is 129 Å². The largest absolute Gasteiger partial charge is 0.483 e. The van der Waals surface area contributed by atoms with Gasteiger partial charge in [-0.05, 0) is 30.7 Å². The molecule has 0 aromatic heterocycles. The van der Waals surface area contributed by atoms with Gasteiger partial charge in [0.1, 0.15) is 5.75 Å². The lowest BCUT2D eigenvalue weighted by Gasteiger charge is -2.10. The lowest BCUT2D eigenvalue weighted by Crippen LogP contribution is -2.21. The van der Waals surface area contributed by atoms with E-state index in [0.29, 0.717) is 17.0 Å². The molecule has 0 aliphatic rings. The van der Waals surface area contributed by atoms with Crippen molar-refractivity contribution in [2.24, 2.45) is 5.73 Å². The molecule has 0 radical (unpaired) electrons. The molecular weight excluding hydrogens is 280 g/mol. The Morgan fingerprint density at radius 1 is 1.14 bits per heavy atom. The van der Waals surface area contributed by atoms with Crippen LogP contribution in [0.1, 0.15) is 15.9 Å². The SMILES string of the molecule is Cc1ccccc1OCC(=O)Nc1cccc(C(=O)CN)c1. The molecular formula is C17H18N2O3. The summed E-state index contributed by atoms with van der Waals surface area (Å²) in [5.41, 5.74) is 7.30. The molecule has 5 heteroatoms. The average Bonchev–Trinajstić information content (AvgIpc) is 2.53. The van der Waals surface area contributed by atoms with Gasteiger partial charge in [0.2, 0.25) is 0 Å². The summed E-state index contributed by atoms with van der Waals surface area (Å²) in [6, 6.07) is 14.1. The minimum absolute atomic E-state index is 0.0617. The molecule has 5 nitrogen and oxygen atoms in total. The molecule has 0 spiro atoms. The van der Waals surface area contributed by atoms with E-state index in [2.05, 4.69) is 5.32 Å². The lowest BCUT2D eigenvalue weighted by molar-refractivity contribution is -0.118. The highest BCUT2D eigenvalue weighted by molar-refractivity contribution is 5.99. The standard InChI is InChI=1S/C17H18N2O3/c1-12-5-2-3-8-16(12)22-11-17(21)19-14-7-4-6-13(9-14)15(20)10-18/h2-9H,10-11,18H2,1H3,(H,19,21). The van der Waals surface area contributed by atoms with Crippen LogP contribution in [0.5, 0.6) is 5.75 Å². The first-order chi connectivity index (χ1) is 10.6. The highest BCUT2D eigenvalue weighted by atomic mass is 16.5. The summed E-state index contributed by atoms with van der Waals surface area (Å²) in [5, 5.41) is 2.69. The first-order valence-electron chi connectivity index (χ1n) is 6.92. The number of rotatable bonds is 6. The maximum absolute atomic E-state index is 11.9. The highest BCUT2D eigenvalue weighted by Gasteiger charge is 2.08. The van der Waals surface area contributed by atoms with Crippen molar-refractivity contribution >= 4 is 17.4 Å². The van der Waals surface area contributed by atoms with E-state index in [0.717, 1.165) is 5.56 Å².